The molecule has 0 N–H and O–H groups in total. The van der Waals surface area contributed by atoms with Gasteiger partial charge < -0.3 is 0 Å². The van der Waals surface area contributed by atoms with Crippen molar-refractivity contribution in [2.24, 2.45) is 0 Å². The summed E-state index contributed by atoms with van der Waals surface area (Å²) in [5, 5.41) is 0. The molecule has 80 valence electrons. The highest BCUT2D eigenvalue weighted by Crippen LogP contribution is 2.28. The lowest BCUT2D eigenvalue weighted by Crippen LogP contribution is -1.83. The molecular weight excluding hydrogens is 220 g/mol. The highest BCUT2D eigenvalue weighted by molar-refractivity contribution is 7.17. The first-order valence-corrected chi connectivity index (χ1v) is 5.69. The minimum Gasteiger partial charge on any atom is -0.298 e. The summed E-state index contributed by atoms with van der Waals surface area (Å²) in [6, 6.07) is 11.1. The molecule has 0 spiro atoms. The van der Waals surface area contributed by atoms with Crippen molar-refractivity contribution in [3.63, 3.8) is 0 Å². The van der Waals surface area contributed by atoms with Crippen molar-refractivity contribution in [3.05, 3.63) is 46.8 Å². The molecule has 2 nitrogen and oxygen atoms in total. The number of Topliss-reactive ketones (excluding diaryl/α,β-unsaturated/α-hetero) is 1. The third-order valence-corrected chi connectivity index (χ3v) is 3.52. The summed E-state index contributed by atoms with van der Waals surface area (Å²) in [6.45, 7) is 1.56. The fourth-order valence-corrected chi connectivity index (χ4v) is 2.31. The van der Waals surface area contributed by atoms with Crippen LogP contribution in [0, 0.1) is 0 Å². The molecule has 0 bridgehead atoms. The molecule has 1 aromatic heterocycles. The van der Waals surface area contributed by atoms with E-state index < -0.39 is 0 Å². The lowest BCUT2D eigenvalue weighted by molar-refractivity contribution is 0.102. The normalized spacial score (nSPS) is 10.1. The van der Waals surface area contributed by atoms with E-state index in [4.69, 9.17) is 0 Å². The number of rotatable bonds is 3. The number of thiophene rings is 1. The van der Waals surface area contributed by atoms with Gasteiger partial charge in [0.2, 0.25) is 0 Å². The molecule has 16 heavy (non-hydrogen) atoms. The second-order valence-corrected chi connectivity index (χ2v) is 4.54. The number of ketones is 1. The van der Waals surface area contributed by atoms with Gasteiger partial charge in [0.05, 0.1) is 4.88 Å². The molecule has 1 aromatic carbocycles. The van der Waals surface area contributed by atoms with Crippen molar-refractivity contribution in [2.45, 2.75) is 6.92 Å². The Balaban J connectivity index is 2.35. The molecule has 0 unspecified atom stereocenters. The van der Waals surface area contributed by atoms with Crippen molar-refractivity contribution in [3.8, 4) is 10.4 Å². The smallest absolute Gasteiger partial charge is 0.169 e. The number of benzene rings is 1. The molecule has 0 saturated heterocycles. The standard InChI is InChI=1S/C13H10O2S/c1-9(15)12-6-7-13(16-12)11-4-2-10(8-14)3-5-11/h2-8H,1H3. The Morgan fingerprint density at radius 1 is 1.12 bits per heavy atom. The summed E-state index contributed by atoms with van der Waals surface area (Å²) in [5.74, 6) is 0.0840. The Labute approximate surface area is 97.5 Å². The summed E-state index contributed by atoms with van der Waals surface area (Å²) in [7, 11) is 0. The zero-order chi connectivity index (χ0) is 11.5. The second-order valence-electron chi connectivity index (χ2n) is 3.46. The highest BCUT2D eigenvalue weighted by atomic mass is 32.1. The largest absolute Gasteiger partial charge is 0.298 e. The third-order valence-electron chi connectivity index (χ3n) is 2.28. The predicted octanol–water partition coefficient (Wildman–Crippen LogP) is 3.43. The van der Waals surface area contributed by atoms with Gasteiger partial charge in [-0.3, -0.25) is 9.59 Å². The van der Waals surface area contributed by atoms with Gasteiger partial charge in [-0.15, -0.1) is 11.3 Å². The minimum atomic E-state index is 0.0840. The van der Waals surface area contributed by atoms with Gasteiger partial charge in [0.1, 0.15) is 6.29 Å². The average molecular weight is 230 g/mol. The number of hydrogen-bond donors (Lipinski definition) is 0. The van der Waals surface area contributed by atoms with Crippen molar-refractivity contribution >= 4 is 23.4 Å². The molecule has 2 aromatic rings. The van der Waals surface area contributed by atoms with Crippen LogP contribution in [0.4, 0.5) is 0 Å². The van der Waals surface area contributed by atoms with Crippen LogP contribution in [0.25, 0.3) is 10.4 Å². The molecular formula is C13H10O2S. The van der Waals surface area contributed by atoms with Crippen LogP contribution in [0.1, 0.15) is 27.0 Å². The van der Waals surface area contributed by atoms with Crippen LogP contribution in [0.15, 0.2) is 36.4 Å². The van der Waals surface area contributed by atoms with Gasteiger partial charge in [0.15, 0.2) is 5.78 Å². The lowest BCUT2D eigenvalue weighted by atomic mass is 10.1. The van der Waals surface area contributed by atoms with Crippen LogP contribution in [0.5, 0.6) is 0 Å². The van der Waals surface area contributed by atoms with E-state index in [2.05, 4.69) is 0 Å². The first kappa shape index (κ1) is 10.8. The van der Waals surface area contributed by atoms with Gasteiger partial charge in [-0.2, -0.15) is 0 Å². The summed E-state index contributed by atoms with van der Waals surface area (Å²) in [5.41, 5.74) is 1.69. The van der Waals surface area contributed by atoms with E-state index in [1.807, 2.05) is 24.3 Å². The van der Waals surface area contributed by atoms with Crippen LogP contribution >= 0.6 is 11.3 Å². The van der Waals surface area contributed by atoms with E-state index in [0.717, 1.165) is 21.6 Å². The number of carbonyl (C=O) groups excluding carboxylic acids is 2. The van der Waals surface area contributed by atoms with Crippen LogP contribution < -0.4 is 0 Å². The second kappa shape index (κ2) is 4.41. The molecule has 0 aliphatic rings. The number of carbonyl (C=O) groups is 2. The Kier molecular flexibility index (Phi) is 2.97. The first-order chi connectivity index (χ1) is 7.70. The molecule has 0 amide bonds. The van der Waals surface area contributed by atoms with Crippen LogP contribution in [0.3, 0.4) is 0 Å². The Hall–Kier alpha value is -1.74. The predicted molar refractivity (Wildman–Crippen MR) is 65.1 cm³/mol. The molecule has 0 aliphatic carbocycles. The zero-order valence-corrected chi connectivity index (χ0v) is 9.58. The topological polar surface area (TPSA) is 34.1 Å². The van der Waals surface area contributed by atoms with Crippen LogP contribution in [0.2, 0.25) is 0 Å². The monoisotopic (exact) mass is 230 g/mol. The Bertz CT molecular complexity index is 523. The summed E-state index contributed by atoms with van der Waals surface area (Å²) in [4.78, 5) is 23.5. The Morgan fingerprint density at radius 2 is 1.81 bits per heavy atom. The summed E-state index contributed by atoms with van der Waals surface area (Å²) in [6.07, 6.45) is 0.819. The van der Waals surface area contributed by atoms with E-state index in [0.29, 0.717) is 5.56 Å². The third kappa shape index (κ3) is 2.09. The zero-order valence-electron chi connectivity index (χ0n) is 8.77. The summed E-state index contributed by atoms with van der Waals surface area (Å²) < 4.78 is 0. The summed E-state index contributed by atoms with van der Waals surface area (Å²) >= 11 is 1.47. The highest BCUT2D eigenvalue weighted by Gasteiger charge is 2.05. The minimum absolute atomic E-state index is 0.0840. The lowest BCUT2D eigenvalue weighted by Gasteiger charge is -1.96. The molecule has 2 rings (SSSR count). The SMILES string of the molecule is CC(=O)c1ccc(-c2ccc(C=O)cc2)s1. The molecule has 0 atom stereocenters. The fourth-order valence-electron chi connectivity index (χ4n) is 1.41. The van der Waals surface area contributed by atoms with E-state index in [9.17, 15) is 9.59 Å². The quantitative estimate of drug-likeness (QED) is 0.598. The molecule has 0 fully saturated rings. The fraction of sp³-hybridized carbons (Fsp3) is 0.0769. The maximum atomic E-state index is 11.2. The van der Waals surface area contributed by atoms with Crippen molar-refractivity contribution in [1.29, 1.82) is 0 Å². The Morgan fingerprint density at radius 3 is 2.31 bits per heavy atom. The van der Waals surface area contributed by atoms with Crippen molar-refractivity contribution in [2.75, 3.05) is 0 Å². The van der Waals surface area contributed by atoms with Gasteiger partial charge in [-0.05, 0) is 24.6 Å². The van der Waals surface area contributed by atoms with E-state index >= 15 is 0 Å². The van der Waals surface area contributed by atoms with Crippen molar-refractivity contribution in [1.82, 2.24) is 0 Å². The molecule has 0 radical (unpaired) electrons. The maximum Gasteiger partial charge on any atom is 0.169 e. The van der Waals surface area contributed by atoms with E-state index in [1.165, 1.54) is 11.3 Å². The van der Waals surface area contributed by atoms with Crippen LogP contribution in [-0.4, -0.2) is 12.1 Å². The van der Waals surface area contributed by atoms with Gasteiger partial charge in [-0.25, -0.2) is 0 Å². The molecule has 0 saturated carbocycles. The molecule has 3 heteroatoms. The molecule has 1 heterocycles. The average Bonchev–Trinajstić information content (AvgIpc) is 2.78. The van der Waals surface area contributed by atoms with Gasteiger partial charge in [0, 0.05) is 10.4 Å². The number of aldehydes is 1. The van der Waals surface area contributed by atoms with Crippen molar-refractivity contribution < 1.29 is 9.59 Å². The van der Waals surface area contributed by atoms with Gasteiger partial charge in [-0.1, -0.05) is 24.3 Å². The van der Waals surface area contributed by atoms with Crippen LogP contribution in [-0.2, 0) is 0 Å². The number of hydrogen-bond acceptors (Lipinski definition) is 3. The van der Waals surface area contributed by atoms with Gasteiger partial charge >= 0.3 is 0 Å². The van der Waals surface area contributed by atoms with Gasteiger partial charge in [0.25, 0.3) is 0 Å². The first-order valence-electron chi connectivity index (χ1n) is 4.87. The van der Waals surface area contributed by atoms with E-state index in [1.54, 1.807) is 19.1 Å². The molecule has 0 aliphatic heterocycles. The van der Waals surface area contributed by atoms with E-state index in [-0.39, 0.29) is 5.78 Å². The maximum absolute atomic E-state index is 11.2.